The Balaban J connectivity index is 2.62. The molecule has 0 aliphatic carbocycles. The lowest BCUT2D eigenvalue weighted by molar-refractivity contribution is -0.138. The molecule has 2 nitrogen and oxygen atoms in total. The summed E-state index contributed by atoms with van der Waals surface area (Å²) in [5, 5.41) is 0. The Bertz CT molecular complexity index is 608. The van der Waals surface area contributed by atoms with E-state index in [1.807, 2.05) is 32.0 Å². The van der Waals surface area contributed by atoms with Gasteiger partial charge in [-0.2, -0.15) is 0 Å². The Morgan fingerprint density at radius 2 is 1.72 bits per heavy atom. The largest absolute Gasteiger partial charge is 0.463 e. The van der Waals surface area contributed by atoms with Crippen molar-refractivity contribution >= 4 is 12.0 Å². The highest BCUT2D eigenvalue weighted by Gasteiger charge is 2.11. The lowest BCUT2D eigenvalue weighted by Crippen LogP contribution is -2.09. The molecule has 1 aromatic carbocycles. The molecule has 136 valence electrons. The summed E-state index contributed by atoms with van der Waals surface area (Å²) in [7, 11) is 0. The van der Waals surface area contributed by atoms with Crippen molar-refractivity contribution in [3.63, 3.8) is 0 Å². The fourth-order valence-corrected chi connectivity index (χ4v) is 2.92. The zero-order valence-corrected chi connectivity index (χ0v) is 16.3. The molecule has 2 atom stereocenters. The van der Waals surface area contributed by atoms with Crippen LogP contribution in [0.5, 0.6) is 0 Å². The summed E-state index contributed by atoms with van der Waals surface area (Å²) in [6.07, 6.45) is 10.4. The Morgan fingerprint density at radius 1 is 1.08 bits per heavy atom. The number of esters is 1. The van der Waals surface area contributed by atoms with Gasteiger partial charge in [0.2, 0.25) is 0 Å². The van der Waals surface area contributed by atoms with Crippen LogP contribution in [0.4, 0.5) is 0 Å². The van der Waals surface area contributed by atoms with Gasteiger partial charge in [0, 0.05) is 5.57 Å². The van der Waals surface area contributed by atoms with E-state index in [1.54, 1.807) is 0 Å². The van der Waals surface area contributed by atoms with Gasteiger partial charge < -0.3 is 4.74 Å². The molecule has 0 amide bonds. The first kappa shape index (κ1) is 21.0. The van der Waals surface area contributed by atoms with Gasteiger partial charge in [-0.05, 0) is 44.1 Å². The number of rotatable bonds is 9. The standard InChI is InChI=1S/C23H32O2/c1-6-22(23(24)25-7-2)17-20(5)16-19(4)15-18(3)13-14-21-11-9-8-10-12-21/h8-15,17,19-20H,6-7,16H2,1-5H3/b14-13+,18-15+,22-17+/t19-,20+/m0/s1. The lowest BCUT2D eigenvalue weighted by atomic mass is 9.93. The van der Waals surface area contributed by atoms with Gasteiger partial charge in [-0.15, -0.1) is 0 Å². The highest BCUT2D eigenvalue weighted by Crippen LogP contribution is 2.19. The van der Waals surface area contributed by atoms with Gasteiger partial charge in [-0.1, -0.05) is 81.0 Å². The Kier molecular flexibility index (Phi) is 9.61. The maximum Gasteiger partial charge on any atom is 0.333 e. The van der Waals surface area contributed by atoms with Crippen LogP contribution in [0.2, 0.25) is 0 Å². The molecule has 0 aliphatic heterocycles. The molecule has 0 unspecified atom stereocenters. The van der Waals surface area contributed by atoms with Crippen molar-refractivity contribution in [2.45, 2.75) is 47.5 Å². The third kappa shape index (κ3) is 8.53. The fraction of sp³-hybridized carbons (Fsp3) is 0.435. The molecule has 0 radical (unpaired) electrons. The van der Waals surface area contributed by atoms with Crippen LogP contribution in [0.25, 0.3) is 6.08 Å². The minimum atomic E-state index is -0.179. The van der Waals surface area contributed by atoms with Crippen LogP contribution in [0.15, 0.2) is 59.7 Å². The van der Waals surface area contributed by atoms with Crippen LogP contribution in [-0.2, 0) is 9.53 Å². The van der Waals surface area contributed by atoms with E-state index in [0.29, 0.717) is 24.9 Å². The third-order valence-corrected chi connectivity index (χ3v) is 4.03. The summed E-state index contributed by atoms with van der Waals surface area (Å²) in [5.74, 6) is 0.616. The van der Waals surface area contributed by atoms with E-state index < -0.39 is 0 Å². The average molecular weight is 341 g/mol. The second-order valence-corrected chi connectivity index (χ2v) is 6.61. The van der Waals surface area contributed by atoms with Crippen molar-refractivity contribution in [1.29, 1.82) is 0 Å². The molecule has 0 saturated carbocycles. The van der Waals surface area contributed by atoms with E-state index in [1.165, 1.54) is 11.1 Å². The molecule has 0 N–H and O–H groups in total. The second kappa shape index (κ2) is 11.5. The number of allylic oxidation sites excluding steroid dienone is 4. The van der Waals surface area contributed by atoms with E-state index in [9.17, 15) is 4.79 Å². The zero-order valence-electron chi connectivity index (χ0n) is 16.3. The molecule has 0 heterocycles. The molecule has 0 spiro atoms. The van der Waals surface area contributed by atoms with Gasteiger partial charge >= 0.3 is 5.97 Å². The van der Waals surface area contributed by atoms with Crippen molar-refractivity contribution in [3.05, 3.63) is 65.3 Å². The molecule has 2 heteroatoms. The van der Waals surface area contributed by atoms with Gasteiger partial charge in [0.1, 0.15) is 0 Å². The van der Waals surface area contributed by atoms with E-state index in [0.717, 1.165) is 12.0 Å². The molecule has 25 heavy (non-hydrogen) atoms. The molecule has 0 fully saturated rings. The van der Waals surface area contributed by atoms with E-state index in [2.05, 4.69) is 57.2 Å². The van der Waals surface area contributed by atoms with Crippen LogP contribution >= 0.6 is 0 Å². The van der Waals surface area contributed by atoms with Crippen LogP contribution < -0.4 is 0 Å². The van der Waals surface area contributed by atoms with Crippen molar-refractivity contribution in [2.24, 2.45) is 11.8 Å². The average Bonchev–Trinajstić information content (AvgIpc) is 2.58. The molecule has 0 aromatic heterocycles. The van der Waals surface area contributed by atoms with Gasteiger partial charge in [0.25, 0.3) is 0 Å². The molecule has 1 rings (SSSR count). The normalized spacial score (nSPS) is 15.2. The number of hydrogen-bond acceptors (Lipinski definition) is 2. The molecular weight excluding hydrogens is 308 g/mol. The minimum Gasteiger partial charge on any atom is -0.463 e. The minimum absolute atomic E-state index is 0.179. The predicted molar refractivity (Wildman–Crippen MR) is 107 cm³/mol. The number of hydrogen-bond donors (Lipinski definition) is 0. The van der Waals surface area contributed by atoms with Crippen LogP contribution in [-0.4, -0.2) is 12.6 Å². The second-order valence-electron chi connectivity index (χ2n) is 6.61. The Labute approximate surface area is 153 Å². The topological polar surface area (TPSA) is 26.3 Å². The van der Waals surface area contributed by atoms with E-state index >= 15 is 0 Å². The smallest absolute Gasteiger partial charge is 0.333 e. The monoisotopic (exact) mass is 340 g/mol. The first-order valence-electron chi connectivity index (χ1n) is 9.25. The maximum absolute atomic E-state index is 11.9. The summed E-state index contributed by atoms with van der Waals surface area (Å²) in [6.45, 7) is 10.8. The van der Waals surface area contributed by atoms with Crippen molar-refractivity contribution in [1.82, 2.24) is 0 Å². The zero-order chi connectivity index (χ0) is 18.7. The first-order chi connectivity index (χ1) is 12.0. The van der Waals surface area contributed by atoms with Crippen LogP contribution in [0.1, 0.15) is 53.0 Å². The molecule has 0 bridgehead atoms. The Morgan fingerprint density at radius 3 is 2.32 bits per heavy atom. The lowest BCUT2D eigenvalue weighted by Gasteiger charge is -2.13. The maximum atomic E-state index is 11.9. The number of benzene rings is 1. The van der Waals surface area contributed by atoms with Gasteiger partial charge in [-0.25, -0.2) is 4.79 Å². The van der Waals surface area contributed by atoms with E-state index in [4.69, 9.17) is 4.74 Å². The molecule has 1 aromatic rings. The summed E-state index contributed by atoms with van der Waals surface area (Å²) >= 11 is 0. The summed E-state index contributed by atoms with van der Waals surface area (Å²) in [6, 6.07) is 10.3. The van der Waals surface area contributed by atoms with Gasteiger partial charge in [-0.3, -0.25) is 0 Å². The van der Waals surface area contributed by atoms with Gasteiger partial charge in [0.05, 0.1) is 6.61 Å². The predicted octanol–water partition coefficient (Wildman–Crippen LogP) is 6.21. The van der Waals surface area contributed by atoms with E-state index in [-0.39, 0.29) is 5.97 Å². The Hall–Kier alpha value is -2.09. The fourth-order valence-electron chi connectivity index (χ4n) is 2.92. The molecule has 0 saturated heterocycles. The third-order valence-electron chi connectivity index (χ3n) is 4.03. The van der Waals surface area contributed by atoms with Crippen molar-refractivity contribution in [2.75, 3.05) is 6.61 Å². The highest BCUT2D eigenvalue weighted by atomic mass is 16.5. The quantitative estimate of drug-likeness (QED) is 0.303. The number of carbonyl (C=O) groups is 1. The molecular formula is C23H32O2. The van der Waals surface area contributed by atoms with Crippen LogP contribution in [0.3, 0.4) is 0 Å². The highest BCUT2D eigenvalue weighted by molar-refractivity contribution is 5.88. The summed E-state index contributed by atoms with van der Waals surface area (Å²) < 4.78 is 5.11. The number of ether oxygens (including phenoxy) is 1. The summed E-state index contributed by atoms with van der Waals surface area (Å²) in [4.78, 5) is 11.9. The molecule has 0 aliphatic rings. The van der Waals surface area contributed by atoms with Crippen LogP contribution in [0, 0.1) is 11.8 Å². The summed E-state index contributed by atoms with van der Waals surface area (Å²) in [5.41, 5.74) is 3.25. The SMILES string of the molecule is CCOC(=O)/C(=C/[C@H](C)C[C@@H](C)/C=C(C)/C=C/c1ccccc1)CC. The van der Waals surface area contributed by atoms with Gasteiger partial charge in [0.15, 0.2) is 0 Å². The first-order valence-corrected chi connectivity index (χ1v) is 9.25. The number of carbonyl (C=O) groups excluding carboxylic acids is 1. The van der Waals surface area contributed by atoms with Crippen molar-refractivity contribution in [3.8, 4) is 0 Å². The van der Waals surface area contributed by atoms with Crippen molar-refractivity contribution < 1.29 is 9.53 Å².